The van der Waals surface area contributed by atoms with E-state index in [1.807, 2.05) is 30.3 Å². The molecule has 1 unspecified atom stereocenters. The SMILES string of the molecule is O=P(O)(CC1CCCCC1)Nc1ccccc1. The molecular weight excluding hydrogens is 233 g/mol. The Morgan fingerprint density at radius 3 is 2.47 bits per heavy atom. The van der Waals surface area contributed by atoms with Crippen LogP contribution in [0.5, 0.6) is 0 Å². The maximum absolute atomic E-state index is 12.1. The van der Waals surface area contributed by atoms with Gasteiger partial charge in [-0.25, -0.2) is 0 Å². The molecule has 2 rings (SSSR count). The van der Waals surface area contributed by atoms with Gasteiger partial charge < -0.3 is 9.98 Å². The Hall–Kier alpha value is -0.790. The topological polar surface area (TPSA) is 49.3 Å². The van der Waals surface area contributed by atoms with Crippen LogP contribution in [0.3, 0.4) is 0 Å². The Morgan fingerprint density at radius 2 is 1.82 bits per heavy atom. The van der Waals surface area contributed by atoms with E-state index < -0.39 is 7.52 Å². The van der Waals surface area contributed by atoms with E-state index in [1.165, 1.54) is 19.3 Å². The van der Waals surface area contributed by atoms with Crippen LogP contribution in [0.2, 0.25) is 0 Å². The molecule has 2 N–H and O–H groups in total. The summed E-state index contributed by atoms with van der Waals surface area (Å²) in [5, 5.41) is 2.78. The van der Waals surface area contributed by atoms with Crippen molar-refractivity contribution in [3.8, 4) is 0 Å². The maximum Gasteiger partial charge on any atom is 0.291 e. The van der Waals surface area contributed by atoms with E-state index in [-0.39, 0.29) is 0 Å². The Morgan fingerprint density at radius 1 is 1.18 bits per heavy atom. The highest BCUT2D eigenvalue weighted by Crippen LogP contribution is 2.45. The molecule has 1 atom stereocenters. The van der Waals surface area contributed by atoms with Gasteiger partial charge in [0, 0.05) is 11.8 Å². The van der Waals surface area contributed by atoms with Crippen LogP contribution >= 0.6 is 7.52 Å². The van der Waals surface area contributed by atoms with Crippen molar-refractivity contribution >= 4 is 13.2 Å². The van der Waals surface area contributed by atoms with Crippen LogP contribution in [-0.2, 0) is 4.57 Å². The average molecular weight is 253 g/mol. The number of hydrogen-bond acceptors (Lipinski definition) is 1. The summed E-state index contributed by atoms with van der Waals surface area (Å²) in [5.41, 5.74) is 0.731. The van der Waals surface area contributed by atoms with Crippen molar-refractivity contribution in [2.75, 3.05) is 11.2 Å². The third kappa shape index (κ3) is 4.18. The van der Waals surface area contributed by atoms with E-state index in [2.05, 4.69) is 5.09 Å². The van der Waals surface area contributed by atoms with Crippen molar-refractivity contribution in [3.05, 3.63) is 30.3 Å². The molecule has 0 aromatic heterocycles. The van der Waals surface area contributed by atoms with Gasteiger partial charge in [-0.15, -0.1) is 0 Å². The minimum absolute atomic E-state index is 0.405. The monoisotopic (exact) mass is 253 g/mol. The highest BCUT2D eigenvalue weighted by molar-refractivity contribution is 7.59. The van der Waals surface area contributed by atoms with Crippen LogP contribution in [0.25, 0.3) is 0 Å². The summed E-state index contributed by atoms with van der Waals surface area (Å²) in [6, 6.07) is 9.27. The van der Waals surface area contributed by atoms with Crippen molar-refractivity contribution in [1.82, 2.24) is 0 Å². The fourth-order valence-corrected chi connectivity index (χ4v) is 4.19. The summed E-state index contributed by atoms with van der Waals surface area (Å²) in [6.07, 6.45) is 6.29. The molecule has 0 heterocycles. The average Bonchev–Trinajstić information content (AvgIpc) is 2.30. The zero-order chi connectivity index (χ0) is 12.1. The molecule has 94 valence electrons. The zero-order valence-electron chi connectivity index (χ0n) is 10.0. The third-order valence-electron chi connectivity index (χ3n) is 3.31. The van der Waals surface area contributed by atoms with E-state index in [1.54, 1.807) is 0 Å². The second kappa shape index (κ2) is 5.70. The molecule has 0 bridgehead atoms. The number of rotatable bonds is 4. The van der Waals surface area contributed by atoms with E-state index in [0.29, 0.717) is 12.1 Å². The highest BCUT2D eigenvalue weighted by Gasteiger charge is 2.25. The Kier molecular flexibility index (Phi) is 4.25. The van der Waals surface area contributed by atoms with Crippen LogP contribution in [0.1, 0.15) is 32.1 Å². The van der Waals surface area contributed by atoms with Gasteiger partial charge in [-0.1, -0.05) is 37.5 Å². The second-order valence-electron chi connectivity index (χ2n) is 4.87. The molecular formula is C13H20NO2P. The molecule has 17 heavy (non-hydrogen) atoms. The number of nitrogens with one attached hydrogen (secondary N) is 1. The van der Waals surface area contributed by atoms with Crippen molar-refractivity contribution in [3.63, 3.8) is 0 Å². The van der Waals surface area contributed by atoms with Gasteiger partial charge in [0.2, 0.25) is 0 Å². The van der Waals surface area contributed by atoms with Crippen molar-refractivity contribution < 1.29 is 9.46 Å². The minimum Gasteiger partial charge on any atom is -0.329 e. The summed E-state index contributed by atoms with van der Waals surface area (Å²) in [5.74, 6) is 0.413. The maximum atomic E-state index is 12.1. The largest absolute Gasteiger partial charge is 0.329 e. The Bertz CT molecular complexity index is 388. The van der Waals surface area contributed by atoms with Gasteiger partial charge in [0.05, 0.1) is 0 Å². The molecule has 1 aromatic rings. The molecule has 0 amide bonds. The van der Waals surface area contributed by atoms with Crippen LogP contribution in [-0.4, -0.2) is 11.1 Å². The number of hydrogen-bond donors (Lipinski definition) is 2. The van der Waals surface area contributed by atoms with Gasteiger partial charge in [0.15, 0.2) is 0 Å². The van der Waals surface area contributed by atoms with Gasteiger partial charge in [-0.2, -0.15) is 0 Å². The summed E-state index contributed by atoms with van der Waals surface area (Å²) >= 11 is 0. The zero-order valence-corrected chi connectivity index (χ0v) is 10.9. The minimum atomic E-state index is -3.23. The number of para-hydroxylation sites is 1. The fourth-order valence-electron chi connectivity index (χ4n) is 2.48. The summed E-state index contributed by atoms with van der Waals surface area (Å²) in [7, 11) is -3.23. The quantitative estimate of drug-likeness (QED) is 0.801. The van der Waals surface area contributed by atoms with Crippen molar-refractivity contribution in [2.24, 2.45) is 5.92 Å². The molecule has 1 saturated carbocycles. The van der Waals surface area contributed by atoms with Gasteiger partial charge in [0.25, 0.3) is 7.52 Å². The molecule has 1 aromatic carbocycles. The van der Waals surface area contributed by atoms with Crippen LogP contribution < -0.4 is 5.09 Å². The first kappa shape index (κ1) is 12.7. The predicted octanol–water partition coefficient (Wildman–Crippen LogP) is 3.86. The van der Waals surface area contributed by atoms with Gasteiger partial charge >= 0.3 is 0 Å². The molecule has 0 spiro atoms. The number of benzene rings is 1. The first-order chi connectivity index (χ1) is 8.16. The second-order valence-corrected chi connectivity index (χ2v) is 6.86. The molecule has 0 aliphatic heterocycles. The third-order valence-corrected chi connectivity index (χ3v) is 4.93. The van der Waals surface area contributed by atoms with Gasteiger partial charge in [-0.3, -0.25) is 4.57 Å². The lowest BCUT2D eigenvalue weighted by Crippen LogP contribution is -2.14. The standard InChI is InChI=1S/C13H20NO2P/c15-17(16,11-12-7-3-1-4-8-12)14-13-9-5-2-6-10-13/h2,5-6,9-10,12H,1,3-4,7-8,11H2,(H2,14,15,16). The summed E-state index contributed by atoms with van der Waals surface area (Å²) in [6.45, 7) is 0. The van der Waals surface area contributed by atoms with E-state index in [4.69, 9.17) is 0 Å². The normalized spacial score (nSPS) is 20.8. The molecule has 1 aliphatic carbocycles. The highest BCUT2D eigenvalue weighted by atomic mass is 31.2. The Labute approximate surface area is 103 Å². The van der Waals surface area contributed by atoms with Crippen molar-refractivity contribution in [2.45, 2.75) is 32.1 Å². The van der Waals surface area contributed by atoms with Crippen LogP contribution in [0.15, 0.2) is 30.3 Å². The van der Waals surface area contributed by atoms with E-state index in [9.17, 15) is 9.46 Å². The smallest absolute Gasteiger partial charge is 0.291 e. The Balaban J connectivity index is 1.92. The van der Waals surface area contributed by atoms with Crippen LogP contribution in [0, 0.1) is 5.92 Å². The van der Waals surface area contributed by atoms with Gasteiger partial charge in [-0.05, 0) is 30.9 Å². The lowest BCUT2D eigenvalue weighted by atomic mass is 9.91. The lowest BCUT2D eigenvalue weighted by Gasteiger charge is -2.24. The molecule has 0 saturated heterocycles. The summed E-state index contributed by atoms with van der Waals surface area (Å²) in [4.78, 5) is 9.96. The predicted molar refractivity (Wildman–Crippen MR) is 71.3 cm³/mol. The molecule has 1 fully saturated rings. The van der Waals surface area contributed by atoms with Crippen LogP contribution in [0.4, 0.5) is 5.69 Å². The fraction of sp³-hybridized carbons (Fsp3) is 0.538. The first-order valence-corrected chi connectivity index (χ1v) is 8.15. The number of anilines is 1. The molecule has 0 radical (unpaired) electrons. The molecule has 1 aliphatic rings. The van der Waals surface area contributed by atoms with Gasteiger partial charge in [0.1, 0.15) is 0 Å². The lowest BCUT2D eigenvalue weighted by molar-refractivity contribution is 0.373. The van der Waals surface area contributed by atoms with Crippen molar-refractivity contribution in [1.29, 1.82) is 0 Å². The summed E-state index contributed by atoms with van der Waals surface area (Å²) < 4.78 is 12.1. The molecule has 4 heteroatoms. The molecule has 3 nitrogen and oxygen atoms in total. The first-order valence-electron chi connectivity index (χ1n) is 6.31. The van der Waals surface area contributed by atoms with E-state index in [0.717, 1.165) is 18.5 Å². The van der Waals surface area contributed by atoms with E-state index >= 15 is 0 Å².